The predicted molar refractivity (Wildman–Crippen MR) is 117 cm³/mol. The van der Waals surface area contributed by atoms with Gasteiger partial charge in [0.25, 0.3) is 5.91 Å². The molecule has 5 N–H and O–H groups in total. The standard InChI is InChI=1S/C20H22N6O4S/c1-3-29-16(27)7-13-10-31-20(24-13)26-18(28)14-6-11(2)4-5-15(14)30-9-12-8-23-19(22)25-17(12)21/h4-6,8,10H,3,7,9H2,1-2H3,(H,24,26,28)(H4,21,22,23,25). The number of esters is 1. The fourth-order valence-corrected chi connectivity index (χ4v) is 3.32. The van der Waals surface area contributed by atoms with Crippen molar-refractivity contribution in [3.8, 4) is 5.75 Å². The van der Waals surface area contributed by atoms with Gasteiger partial charge in [-0.25, -0.2) is 9.97 Å². The van der Waals surface area contributed by atoms with Gasteiger partial charge < -0.3 is 20.9 Å². The number of thiazole rings is 1. The second-order valence-electron chi connectivity index (χ2n) is 6.51. The van der Waals surface area contributed by atoms with Gasteiger partial charge in [-0.1, -0.05) is 11.6 Å². The molecule has 31 heavy (non-hydrogen) atoms. The Balaban J connectivity index is 1.71. The molecule has 0 radical (unpaired) electrons. The van der Waals surface area contributed by atoms with Crippen molar-refractivity contribution in [2.75, 3.05) is 23.4 Å². The Hall–Kier alpha value is -3.73. The van der Waals surface area contributed by atoms with Crippen LogP contribution in [0.3, 0.4) is 0 Å². The third-order valence-electron chi connectivity index (χ3n) is 4.08. The topological polar surface area (TPSA) is 155 Å². The molecule has 0 atom stereocenters. The van der Waals surface area contributed by atoms with Gasteiger partial charge in [0, 0.05) is 11.6 Å². The van der Waals surface area contributed by atoms with Crippen LogP contribution >= 0.6 is 11.3 Å². The minimum absolute atomic E-state index is 0.0457. The van der Waals surface area contributed by atoms with E-state index in [9.17, 15) is 9.59 Å². The minimum atomic E-state index is -0.391. The minimum Gasteiger partial charge on any atom is -0.488 e. The van der Waals surface area contributed by atoms with E-state index in [0.29, 0.717) is 34.3 Å². The summed E-state index contributed by atoms with van der Waals surface area (Å²) in [6.45, 7) is 3.97. The van der Waals surface area contributed by atoms with Gasteiger partial charge >= 0.3 is 5.97 Å². The Morgan fingerprint density at radius 2 is 2.03 bits per heavy atom. The summed E-state index contributed by atoms with van der Waals surface area (Å²) in [6, 6.07) is 5.24. The van der Waals surface area contributed by atoms with E-state index < -0.39 is 5.91 Å². The van der Waals surface area contributed by atoms with Crippen molar-refractivity contribution in [3.05, 3.63) is 52.2 Å². The van der Waals surface area contributed by atoms with Crippen LogP contribution in [0.2, 0.25) is 0 Å². The van der Waals surface area contributed by atoms with Crippen LogP contribution in [0.1, 0.15) is 34.1 Å². The molecular formula is C20H22N6O4S. The fourth-order valence-electron chi connectivity index (χ4n) is 2.62. The molecule has 0 saturated heterocycles. The Morgan fingerprint density at radius 3 is 2.77 bits per heavy atom. The highest BCUT2D eigenvalue weighted by atomic mass is 32.1. The number of hydrogen-bond acceptors (Lipinski definition) is 10. The number of benzene rings is 1. The highest BCUT2D eigenvalue weighted by Crippen LogP contribution is 2.24. The first-order valence-corrected chi connectivity index (χ1v) is 10.3. The summed E-state index contributed by atoms with van der Waals surface area (Å²) >= 11 is 1.22. The number of ether oxygens (including phenoxy) is 2. The molecule has 1 amide bonds. The number of nitrogens with two attached hydrogens (primary N) is 2. The lowest BCUT2D eigenvalue weighted by molar-refractivity contribution is -0.142. The number of hydrogen-bond donors (Lipinski definition) is 3. The maximum atomic E-state index is 12.9. The lowest BCUT2D eigenvalue weighted by atomic mass is 10.1. The van der Waals surface area contributed by atoms with Gasteiger partial charge in [-0.3, -0.25) is 14.9 Å². The quantitative estimate of drug-likeness (QED) is 0.446. The number of carbonyl (C=O) groups is 2. The zero-order valence-electron chi connectivity index (χ0n) is 17.0. The number of amides is 1. The molecule has 0 aliphatic heterocycles. The van der Waals surface area contributed by atoms with Crippen LogP contribution in [-0.4, -0.2) is 33.4 Å². The van der Waals surface area contributed by atoms with Gasteiger partial charge in [-0.15, -0.1) is 11.3 Å². The number of nitrogens with one attached hydrogen (secondary N) is 1. The summed E-state index contributed by atoms with van der Waals surface area (Å²) in [7, 11) is 0. The van der Waals surface area contributed by atoms with E-state index in [4.69, 9.17) is 20.9 Å². The van der Waals surface area contributed by atoms with E-state index in [-0.39, 0.29) is 30.8 Å². The van der Waals surface area contributed by atoms with Crippen molar-refractivity contribution in [1.29, 1.82) is 0 Å². The van der Waals surface area contributed by atoms with E-state index in [1.165, 1.54) is 17.5 Å². The van der Waals surface area contributed by atoms with Crippen molar-refractivity contribution < 1.29 is 19.1 Å². The molecule has 1 aromatic carbocycles. The smallest absolute Gasteiger partial charge is 0.311 e. The Morgan fingerprint density at radius 1 is 1.23 bits per heavy atom. The first kappa shape index (κ1) is 22.0. The average molecular weight is 443 g/mol. The molecule has 11 heteroatoms. The van der Waals surface area contributed by atoms with Crippen molar-refractivity contribution in [2.45, 2.75) is 26.9 Å². The number of aromatic nitrogens is 3. The fraction of sp³-hybridized carbons (Fsp3) is 0.250. The molecule has 0 bridgehead atoms. The highest BCUT2D eigenvalue weighted by Gasteiger charge is 2.17. The Bertz CT molecular complexity index is 1100. The SMILES string of the molecule is CCOC(=O)Cc1csc(NC(=O)c2cc(C)ccc2OCc2cnc(N)nc2N)n1. The van der Waals surface area contributed by atoms with Crippen molar-refractivity contribution >= 4 is 40.1 Å². The molecule has 10 nitrogen and oxygen atoms in total. The van der Waals surface area contributed by atoms with Crippen molar-refractivity contribution in [2.24, 2.45) is 0 Å². The van der Waals surface area contributed by atoms with E-state index in [2.05, 4.69) is 20.3 Å². The summed E-state index contributed by atoms with van der Waals surface area (Å²) in [5.41, 5.74) is 13.6. The van der Waals surface area contributed by atoms with Crippen molar-refractivity contribution in [1.82, 2.24) is 15.0 Å². The van der Waals surface area contributed by atoms with E-state index in [0.717, 1.165) is 5.56 Å². The molecule has 0 aliphatic carbocycles. The Labute approximate surface area is 182 Å². The van der Waals surface area contributed by atoms with Crippen LogP contribution < -0.4 is 21.5 Å². The second-order valence-corrected chi connectivity index (χ2v) is 7.36. The first-order chi connectivity index (χ1) is 14.9. The molecule has 0 unspecified atom stereocenters. The number of nitrogens with zero attached hydrogens (tertiary/aromatic N) is 3. The first-order valence-electron chi connectivity index (χ1n) is 9.37. The molecule has 0 fully saturated rings. The molecule has 3 aromatic rings. The summed E-state index contributed by atoms with van der Waals surface area (Å²) < 4.78 is 10.7. The average Bonchev–Trinajstić information content (AvgIpc) is 3.14. The zero-order chi connectivity index (χ0) is 22.4. The molecule has 2 heterocycles. The van der Waals surface area contributed by atoms with Crippen LogP contribution in [0.4, 0.5) is 16.9 Å². The van der Waals surface area contributed by atoms with Gasteiger partial charge in [0.1, 0.15) is 18.2 Å². The molecular weight excluding hydrogens is 420 g/mol. The predicted octanol–water partition coefficient (Wildman–Crippen LogP) is 2.34. The van der Waals surface area contributed by atoms with E-state index >= 15 is 0 Å². The molecule has 0 saturated carbocycles. The van der Waals surface area contributed by atoms with E-state index in [1.54, 1.807) is 24.4 Å². The van der Waals surface area contributed by atoms with Crippen molar-refractivity contribution in [3.63, 3.8) is 0 Å². The molecule has 3 rings (SSSR count). The number of aryl methyl sites for hydroxylation is 1. The van der Waals surface area contributed by atoms with Gasteiger partial charge in [0.05, 0.1) is 29.8 Å². The molecule has 162 valence electrons. The van der Waals surface area contributed by atoms with E-state index in [1.807, 2.05) is 13.0 Å². The normalized spacial score (nSPS) is 10.5. The number of anilines is 3. The lowest BCUT2D eigenvalue weighted by Crippen LogP contribution is -2.14. The Kier molecular flexibility index (Phi) is 6.98. The maximum absolute atomic E-state index is 12.9. The third kappa shape index (κ3) is 5.89. The zero-order valence-corrected chi connectivity index (χ0v) is 17.9. The maximum Gasteiger partial charge on any atom is 0.311 e. The van der Waals surface area contributed by atoms with Gasteiger partial charge in [-0.2, -0.15) is 4.98 Å². The van der Waals surface area contributed by atoms with Crippen LogP contribution in [0.15, 0.2) is 29.8 Å². The number of nitrogen functional groups attached to an aromatic ring is 2. The van der Waals surface area contributed by atoms with Crippen LogP contribution in [-0.2, 0) is 22.6 Å². The van der Waals surface area contributed by atoms with Gasteiger partial charge in [0.2, 0.25) is 5.95 Å². The summed E-state index contributed by atoms with van der Waals surface area (Å²) in [4.78, 5) is 36.5. The lowest BCUT2D eigenvalue weighted by Gasteiger charge is -2.12. The van der Waals surface area contributed by atoms with Crippen LogP contribution in [0, 0.1) is 6.92 Å². The van der Waals surface area contributed by atoms with Gasteiger partial charge in [0.15, 0.2) is 5.13 Å². The molecule has 2 aromatic heterocycles. The number of rotatable bonds is 8. The van der Waals surface area contributed by atoms with Crippen LogP contribution in [0.5, 0.6) is 5.75 Å². The molecule has 0 aliphatic rings. The monoisotopic (exact) mass is 442 g/mol. The summed E-state index contributed by atoms with van der Waals surface area (Å²) in [6.07, 6.45) is 1.52. The summed E-state index contributed by atoms with van der Waals surface area (Å²) in [5.74, 6) is -0.115. The summed E-state index contributed by atoms with van der Waals surface area (Å²) in [5, 5.41) is 4.81. The second kappa shape index (κ2) is 9.85. The highest BCUT2D eigenvalue weighted by molar-refractivity contribution is 7.14. The largest absolute Gasteiger partial charge is 0.488 e. The van der Waals surface area contributed by atoms with Crippen LogP contribution in [0.25, 0.3) is 0 Å². The molecule has 0 spiro atoms. The van der Waals surface area contributed by atoms with Gasteiger partial charge in [-0.05, 0) is 26.0 Å². The number of carbonyl (C=O) groups excluding carboxylic acids is 2. The third-order valence-corrected chi connectivity index (χ3v) is 4.89.